The number of rotatable bonds is 3. The zero-order valence-corrected chi connectivity index (χ0v) is 11.4. The Labute approximate surface area is 108 Å². The molecule has 2 rings (SSSR count). The van der Waals surface area contributed by atoms with E-state index in [9.17, 15) is 0 Å². The number of benzene rings is 1. The van der Waals surface area contributed by atoms with E-state index in [0.717, 1.165) is 23.7 Å². The topological polar surface area (TPSA) is 21.3 Å². The maximum atomic E-state index is 6.06. The summed E-state index contributed by atoms with van der Waals surface area (Å²) >= 11 is 6.06. The van der Waals surface area contributed by atoms with Crippen molar-refractivity contribution in [1.82, 2.24) is 5.32 Å². The monoisotopic (exact) mass is 253 g/mol. The van der Waals surface area contributed by atoms with Gasteiger partial charge in [0.15, 0.2) is 0 Å². The van der Waals surface area contributed by atoms with Crippen molar-refractivity contribution in [2.75, 3.05) is 6.54 Å². The van der Waals surface area contributed by atoms with Gasteiger partial charge in [0, 0.05) is 23.0 Å². The van der Waals surface area contributed by atoms with Gasteiger partial charge in [-0.25, -0.2) is 0 Å². The van der Waals surface area contributed by atoms with Gasteiger partial charge in [-0.3, -0.25) is 0 Å². The van der Waals surface area contributed by atoms with E-state index in [0.29, 0.717) is 12.0 Å². The average Bonchev–Trinajstić information content (AvgIpc) is 2.29. The third-order valence-electron chi connectivity index (χ3n) is 3.29. The first-order chi connectivity index (χ1) is 8.11. The number of fused-ring (bicyclic) bond motifs is 1. The predicted octanol–water partition coefficient (Wildman–Crippen LogP) is 3.80. The van der Waals surface area contributed by atoms with E-state index < -0.39 is 0 Å². The number of halogens is 1. The first-order valence-electron chi connectivity index (χ1n) is 6.31. The van der Waals surface area contributed by atoms with Crippen molar-refractivity contribution in [1.29, 1.82) is 0 Å². The Kier molecular flexibility index (Phi) is 3.95. The van der Waals surface area contributed by atoms with Crippen molar-refractivity contribution in [2.45, 2.75) is 39.3 Å². The summed E-state index contributed by atoms with van der Waals surface area (Å²) in [5.41, 5.74) is 1.19. The minimum Gasteiger partial charge on any atom is -0.490 e. The maximum Gasteiger partial charge on any atom is 0.124 e. The molecule has 3 heteroatoms. The second-order valence-corrected chi connectivity index (χ2v) is 5.36. The van der Waals surface area contributed by atoms with E-state index in [1.165, 1.54) is 5.56 Å². The summed E-state index contributed by atoms with van der Waals surface area (Å²) in [4.78, 5) is 0. The van der Waals surface area contributed by atoms with E-state index in [1.54, 1.807) is 0 Å². The minimum atomic E-state index is 0.285. The van der Waals surface area contributed by atoms with Crippen molar-refractivity contribution < 1.29 is 4.74 Å². The summed E-state index contributed by atoms with van der Waals surface area (Å²) < 4.78 is 6.03. The molecular formula is C14H20ClNO. The predicted molar refractivity (Wildman–Crippen MR) is 71.7 cm³/mol. The molecule has 1 N–H and O–H groups in total. The number of hydrogen-bond acceptors (Lipinski definition) is 2. The van der Waals surface area contributed by atoms with E-state index in [2.05, 4.69) is 26.1 Å². The van der Waals surface area contributed by atoms with Crippen LogP contribution in [0.3, 0.4) is 0 Å². The Morgan fingerprint density at radius 2 is 2.24 bits per heavy atom. The molecule has 17 heavy (non-hydrogen) atoms. The number of nitrogens with one attached hydrogen (secondary N) is 1. The fourth-order valence-electron chi connectivity index (χ4n) is 2.32. The first-order valence-corrected chi connectivity index (χ1v) is 6.69. The highest BCUT2D eigenvalue weighted by Gasteiger charge is 2.29. The summed E-state index contributed by atoms with van der Waals surface area (Å²) in [6, 6.07) is 6.25. The second kappa shape index (κ2) is 5.28. The molecule has 0 amide bonds. The van der Waals surface area contributed by atoms with Crippen LogP contribution in [0, 0.1) is 5.92 Å². The van der Waals surface area contributed by atoms with E-state index >= 15 is 0 Å². The third kappa shape index (κ3) is 2.75. The Morgan fingerprint density at radius 1 is 1.47 bits per heavy atom. The molecule has 2 nitrogen and oxygen atoms in total. The lowest BCUT2D eigenvalue weighted by Gasteiger charge is -2.34. The van der Waals surface area contributed by atoms with Crippen molar-refractivity contribution >= 4 is 11.6 Å². The Balaban J connectivity index is 2.31. The van der Waals surface area contributed by atoms with Gasteiger partial charge in [0.25, 0.3) is 0 Å². The molecule has 1 aromatic carbocycles. The fraction of sp³-hybridized carbons (Fsp3) is 0.571. The smallest absolute Gasteiger partial charge is 0.124 e. The highest BCUT2D eigenvalue weighted by Crippen LogP contribution is 2.38. The van der Waals surface area contributed by atoms with Gasteiger partial charge in [0.2, 0.25) is 0 Å². The third-order valence-corrected chi connectivity index (χ3v) is 3.52. The first kappa shape index (κ1) is 12.7. The van der Waals surface area contributed by atoms with Crippen LogP contribution in [0.1, 0.15) is 38.8 Å². The Bertz CT molecular complexity index is 392. The van der Waals surface area contributed by atoms with E-state index in [4.69, 9.17) is 16.3 Å². The van der Waals surface area contributed by atoms with Crippen LogP contribution in [0.4, 0.5) is 0 Å². The highest BCUT2D eigenvalue weighted by atomic mass is 35.5. The van der Waals surface area contributed by atoms with Gasteiger partial charge in [-0.1, -0.05) is 32.4 Å². The summed E-state index contributed by atoms with van der Waals surface area (Å²) in [6.07, 6.45) is 1.30. The Morgan fingerprint density at radius 3 is 2.88 bits per heavy atom. The van der Waals surface area contributed by atoms with Gasteiger partial charge in [-0.2, -0.15) is 0 Å². The molecule has 2 atom stereocenters. The second-order valence-electron chi connectivity index (χ2n) is 4.93. The molecule has 0 saturated carbocycles. The summed E-state index contributed by atoms with van der Waals surface area (Å²) in [5, 5.41) is 4.29. The molecular weight excluding hydrogens is 234 g/mol. The molecule has 1 aliphatic heterocycles. The van der Waals surface area contributed by atoms with E-state index in [1.807, 2.05) is 18.2 Å². The van der Waals surface area contributed by atoms with Crippen LogP contribution in [-0.4, -0.2) is 12.6 Å². The molecule has 0 saturated heterocycles. The van der Waals surface area contributed by atoms with Gasteiger partial charge >= 0.3 is 0 Å². The summed E-state index contributed by atoms with van der Waals surface area (Å²) in [6.45, 7) is 7.49. The molecule has 0 spiro atoms. The summed E-state index contributed by atoms with van der Waals surface area (Å²) in [5.74, 6) is 1.50. The van der Waals surface area contributed by atoms with Gasteiger partial charge in [0.1, 0.15) is 11.9 Å². The molecule has 0 fully saturated rings. The summed E-state index contributed by atoms with van der Waals surface area (Å²) in [7, 11) is 0. The van der Waals surface area contributed by atoms with Crippen molar-refractivity contribution in [3.8, 4) is 5.75 Å². The fourth-order valence-corrected chi connectivity index (χ4v) is 2.50. The van der Waals surface area contributed by atoms with Crippen LogP contribution in [-0.2, 0) is 0 Å². The molecule has 1 aromatic rings. The minimum absolute atomic E-state index is 0.285. The Hall–Kier alpha value is -0.730. The molecule has 1 heterocycles. The van der Waals surface area contributed by atoms with Gasteiger partial charge < -0.3 is 10.1 Å². The SMILES string of the molecule is CCNC1CC(C(C)C)Oc2ccc(Cl)cc21. The zero-order valence-electron chi connectivity index (χ0n) is 10.7. The van der Waals surface area contributed by atoms with Crippen LogP contribution in [0.15, 0.2) is 18.2 Å². The van der Waals surface area contributed by atoms with Gasteiger partial charge in [0.05, 0.1) is 0 Å². The molecule has 2 unspecified atom stereocenters. The highest BCUT2D eigenvalue weighted by molar-refractivity contribution is 6.30. The van der Waals surface area contributed by atoms with Crippen molar-refractivity contribution in [3.63, 3.8) is 0 Å². The average molecular weight is 254 g/mol. The quantitative estimate of drug-likeness (QED) is 0.885. The van der Waals surface area contributed by atoms with Crippen LogP contribution in [0.25, 0.3) is 0 Å². The molecule has 0 bridgehead atoms. The van der Waals surface area contributed by atoms with Crippen LogP contribution in [0.2, 0.25) is 5.02 Å². The van der Waals surface area contributed by atoms with Crippen LogP contribution in [0.5, 0.6) is 5.75 Å². The lowest BCUT2D eigenvalue weighted by molar-refractivity contribution is 0.108. The number of hydrogen-bond donors (Lipinski definition) is 1. The van der Waals surface area contributed by atoms with Gasteiger partial charge in [-0.05, 0) is 30.7 Å². The van der Waals surface area contributed by atoms with Crippen molar-refractivity contribution in [3.05, 3.63) is 28.8 Å². The molecule has 1 aliphatic rings. The lowest BCUT2D eigenvalue weighted by Crippen LogP contribution is -2.35. The van der Waals surface area contributed by atoms with Gasteiger partial charge in [-0.15, -0.1) is 0 Å². The number of ether oxygens (including phenoxy) is 1. The zero-order chi connectivity index (χ0) is 12.4. The molecule has 0 aliphatic carbocycles. The standard InChI is InChI=1S/C14H20ClNO/c1-4-16-12-8-14(9(2)3)17-13-6-5-10(15)7-11(12)13/h5-7,9,12,14,16H,4,8H2,1-3H3. The molecule has 94 valence electrons. The maximum absolute atomic E-state index is 6.06. The van der Waals surface area contributed by atoms with Crippen molar-refractivity contribution in [2.24, 2.45) is 5.92 Å². The van der Waals surface area contributed by atoms with Crippen LogP contribution >= 0.6 is 11.6 Å². The van der Waals surface area contributed by atoms with E-state index in [-0.39, 0.29) is 6.10 Å². The largest absolute Gasteiger partial charge is 0.490 e. The molecule has 0 aromatic heterocycles. The van der Waals surface area contributed by atoms with Crippen LogP contribution < -0.4 is 10.1 Å². The molecule has 0 radical (unpaired) electrons. The lowest BCUT2D eigenvalue weighted by atomic mass is 9.91. The normalized spacial score (nSPS) is 23.4.